The third kappa shape index (κ3) is 2.33. The van der Waals surface area contributed by atoms with E-state index in [1.165, 1.54) is 0 Å². The minimum atomic E-state index is 0.262. The first kappa shape index (κ1) is 10.1. The van der Waals surface area contributed by atoms with E-state index in [0.29, 0.717) is 17.5 Å². The standard InChI is InChI=1S/C9H12N4OS/c1-5(2)3-6-4-7(11-10-6)8-12-13-9(15)14-8/h4-5H,3H2,1-2H3,(H,10,11)(H,13,15). The Kier molecular flexibility index (Phi) is 2.68. The summed E-state index contributed by atoms with van der Waals surface area (Å²) in [6, 6.07) is 1.93. The number of aromatic amines is 2. The molecule has 6 heteroatoms. The Morgan fingerprint density at radius 1 is 1.40 bits per heavy atom. The fourth-order valence-corrected chi connectivity index (χ4v) is 1.48. The quantitative estimate of drug-likeness (QED) is 0.785. The molecule has 0 fully saturated rings. The van der Waals surface area contributed by atoms with Gasteiger partial charge in [-0.1, -0.05) is 13.8 Å². The van der Waals surface area contributed by atoms with Gasteiger partial charge in [-0.25, -0.2) is 5.10 Å². The van der Waals surface area contributed by atoms with Gasteiger partial charge < -0.3 is 4.42 Å². The van der Waals surface area contributed by atoms with Gasteiger partial charge in [0.25, 0.3) is 10.7 Å². The SMILES string of the molecule is CC(C)Cc1cc(-c2n[nH]c(=S)o2)n[nH]1. The van der Waals surface area contributed by atoms with Crippen molar-refractivity contribution in [1.29, 1.82) is 0 Å². The molecule has 0 atom stereocenters. The van der Waals surface area contributed by atoms with Gasteiger partial charge in [0.1, 0.15) is 5.69 Å². The zero-order valence-corrected chi connectivity index (χ0v) is 9.39. The van der Waals surface area contributed by atoms with Crippen molar-refractivity contribution in [3.8, 4) is 11.6 Å². The monoisotopic (exact) mass is 224 g/mol. The summed E-state index contributed by atoms with van der Waals surface area (Å²) in [7, 11) is 0. The van der Waals surface area contributed by atoms with Crippen LogP contribution < -0.4 is 0 Å². The third-order valence-electron chi connectivity index (χ3n) is 1.92. The van der Waals surface area contributed by atoms with Crippen molar-refractivity contribution < 1.29 is 4.42 Å². The number of nitrogens with one attached hydrogen (secondary N) is 2. The highest BCUT2D eigenvalue weighted by molar-refractivity contribution is 7.71. The minimum absolute atomic E-state index is 0.262. The Bertz CT molecular complexity index is 496. The van der Waals surface area contributed by atoms with E-state index in [1.807, 2.05) is 6.07 Å². The Balaban J connectivity index is 2.23. The molecular weight excluding hydrogens is 212 g/mol. The summed E-state index contributed by atoms with van der Waals surface area (Å²) in [5.41, 5.74) is 1.75. The lowest BCUT2D eigenvalue weighted by atomic mass is 10.1. The van der Waals surface area contributed by atoms with E-state index in [0.717, 1.165) is 12.1 Å². The van der Waals surface area contributed by atoms with Crippen molar-refractivity contribution >= 4 is 12.2 Å². The lowest BCUT2D eigenvalue weighted by Crippen LogP contribution is -1.93. The van der Waals surface area contributed by atoms with Crippen LogP contribution in [-0.4, -0.2) is 20.4 Å². The van der Waals surface area contributed by atoms with E-state index in [2.05, 4.69) is 34.2 Å². The molecule has 0 aromatic carbocycles. The average molecular weight is 224 g/mol. The highest BCUT2D eigenvalue weighted by atomic mass is 32.1. The molecule has 0 aliphatic carbocycles. The van der Waals surface area contributed by atoms with E-state index >= 15 is 0 Å². The molecule has 2 heterocycles. The number of hydrogen-bond donors (Lipinski definition) is 2. The number of H-pyrrole nitrogens is 2. The zero-order valence-electron chi connectivity index (χ0n) is 8.57. The van der Waals surface area contributed by atoms with Crippen LogP contribution in [0.5, 0.6) is 0 Å². The predicted molar refractivity (Wildman–Crippen MR) is 57.8 cm³/mol. The zero-order chi connectivity index (χ0) is 10.8. The van der Waals surface area contributed by atoms with E-state index in [-0.39, 0.29) is 4.84 Å². The van der Waals surface area contributed by atoms with Crippen LogP contribution in [-0.2, 0) is 6.42 Å². The number of aromatic nitrogens is 4. The Morgan fingerprint density at radius 2 is 2.20 bits per heavy atom. The van der Waals surface area contributed by atoms with E-state index < -0.39 is 0 Å². The lowest BCUT2D eigenvalue weighted by Gasteiger charge is -1.98. The van der Waals surface area contributed by atoms with Crippen LogP contribution in [0, 0.1) is 10.8 Å². The molecule has 2 aromatic rings. The summed E-state index contributed by atoms with van der Waals surface area (Å²) in [6.45, 7) is 4.31. The molecule has 0 radical (unpaired) electrons. The molecule has 80 valence electrons. The molecule has 2 N–H and O–H groups in total. The van der Waals surface area contributed by atoms with Gasteiger partial charge in [-0.3, -0.25) is 5.10 Å². The average Bonchev–Trinajstić information content (AvgIpc) is 2.72. The summed E-state index contributed by atoms with van der Waals surface area (Å²) >= 11 is 4.79. The summed E-state index contributed by atoms with van der Waals surface area (Å²) in [5, 5.41) is 13.5. The molecular formula is C9H12N4OS. The van der Waals surface area contributed by atoms with Gasteiger partial charge in [-0.05, 0) is 30.6 Å². The second-order valence-electron chi connectivity index (χ2n) is 3.79. The maximum absolute atomic E-state index is 5.15. The highest BCUT2D eigenvalue weighted by Crippen LogP contribution is 2.16. The van der Waals surface area contributed by atoms with Crippen molar-refractivity contribution in [3.05, 3.63) is 16.6 Å². The lowest BCUT2D eigenvalue weighted by molar-refractivity contribution is 0.549. The predicted octanol–water partition coefficient (Wildman–Crippen LogP) is 2.32. The van der Waals surface area contributed by atoms with Crippen LogP contribution in [0.25, 0.3) is 11.6 Å². The third-order valence-corrected chi connectivity index (χ3v) is 2.09. The van der Waals surface area contributed by atoms with Crippen LogP contribution in [0.1, 0.15) is 19.5 Å². The van der Waals surface area contributed by atoms with Crippen molar-refractivity contribution in [2.24, 2.45) is 5.92 Å². The molecule has 2 aromatic heterocycles. The fraction of sp³-hybridized carbons (Fsp3) is 0.444. The maximum atomic E-state index is 5.15. The van der Waals surface area contributed by atoms with Crippen molar-refractivity contribution in [2.75, 3.05) is 0 Å². The highest BCUT2D eigenvalue weighted by Gasteiger charge is 2.09. The summed E-state index contributed by atoms with van der Waals surface area (Å²) in [5.74, 6) is 1.01. The summed E-state index contributed by atoms with van der Waals surface area (Å²) in [4.78, 5) is 0.262. The summed E-state index contributed by atoms with van der Waals surface area (Å²) < 4.78 is 5.15. The van der Waals surface area contributed by atoms with E-state index in [9.17, 15) is 0 Å². The van der Waals surface area contributed by atoms with Gasteiger partial charge in [-0.2, -0.15) is 5.10 Å². The second kappa shape index (κ2) is 3.98. The van der Waals surface area contributed by atoms with Crippen molar-refractivity contribution in [2.45, 2.75) is 20.3 Å². The van der Waals surface area contributed by atoms with Crippen molar-refractivity contribution in [1.82, 2.24) is 20.4 Å². The van der Waals surface area contributed by atoms with Crippen LogP contribution in [0.15, 0.2) is 10.5 Å². The van der Waals surface area contributed by atoms with Gasteiger partial charge in [-0.15, -0.1) is 5.10 Å². The molecule has 0 amide bonds. The maximum Gasteiger partial charge on any atom is 0.284 e. The Hall–Kier alpha value is -1.43. The van der Waals surface area contributed by atoms with E-state index in [1.54, 1.807) is 0 Å². The van der Waals surface area contributed by atoms with Gasteiger partial charge in [0.2, 0.25) is 0 Å². The van der Waals surface area contributed by atoms with E-state index in [4.69, 9.17) is 16.6 Å². The van der Waals surface area contributed by atoms with Gasteiger partial charge in [0, 0.05) is 5.69 Å². The minimum Gasteiger partial charge on any atom is -0.408 e. The fourth-order valence-electron chi connectivity index (χ4n) is 1.35. The topological polar surface area (TPSA) is 70.5 Å². The van der Waals surface area contributed by atoms with Crippen LogP contribution >= 0.6 is 12.2 Å². The Labute approximate surface area is 91.9 Å². The van der Waals surface area contributed by atoms with Crippen LogP contribution in [0.4, 0.5) is 0 Å². The molecule has 0 spiro atoms. The molecule has 5 nitrogen and oxygen atoms in total. The first-order valence-corrected chi connectivity index (χ1v) is 5.16. The molecule has 2 rings (SSSR count). The first-order chi connectivity index (χ1) is 7.15. The number of hydrogen-bond acceptors (Lipinski definition) is 4. The largest absolute Gasteiger partial charge is 0.408 e. The van der Waals surface area contributed by atoms with Gasteiger partial charge >= 0.3 is 0 Å². The number of nitrogens with zero attached hydrogens (tertiary/aromatic N) is 2. The molecule has 0 unspecified atom stereocenters. The smallest absolute Gasteiger partial charge is 0.284 e. The Morgan fingerprint density at radius 3 is 2.80 bits per heavy atom. The first-order valence-electron chi connectivity index (χ1n) is 4.75. The second-order valence-corrected chi connectivity index (χ2v) is 4.17. The molecule has 0 aliphatic rings. The molecule has 0 aliphatic heterocycles. The molecule has 0 saturated heterocycles. The summed E-state index contributed by atoms with van der Waals surface area (Å²) in [6.07, 6.45) is 0.957. The molecule has 0 bridgehead atoms. The number of rotatable bonds is 3. The van der Waals surface area contributed by atoms with Crippen LogP contribution in [0.2, 0.25) is 0 Å². The normalized spacial score (nSPS) is 11.1. The molecule has 0 saturated carbocycles. The van der Waals surface area contributed by atoms with Crippen molar-refractivity contribution in [3.63, 3.8) is 0 Å². The molecule has 15 heavy (non-hydrogen) atoms. The van der Waals surface area contributed by atoms with Crippen LogP contribution in [0.3, 0.4) is 0 Å². The van der Waals surface area contributed by atoms with Gasteiger partial charge in [0.15, 0.2) is 0 Å². The van der Waals surface area contributed by atoms with Gasteiger partial charge in [0.05, 0.1) is 0 Å².